The van der Waals surface area contributed by atoms with Crippen LogP contribution in [0.25, 0.3) is 110 Å². The molecule has 4 heteroatoms. The molecule has 0 atom stereocenters. The second kappa shape index (κ2) is 9.43. The number of hydrogen-bond acceptors (Lipinski definition) is 2. The third-order valence-electron chi connectivity index (χ3n) is 10.8. The van der Waals surface area contributed by atoms with Gasteiger partial charge in [-0.3, -0.25) is 4.57 Å². The molecule has 230 valence electrons. The average molecular weight is 635 g/mol. The summed E-state index contributed by atoms with van der Waals surface area (Å²) >= 11 is 0. The fraction of sp³-hybridized carbons (Fsp3) is 0. The van der Waals surface area contributed by atoms with Gasteiger partial charge in [-0.05, 0) is 45.8 Å². The zero-order valence-corrected chi connectivity index (χ0v) is 26.8. The summed E-state index contributed by atoms with van der Waals surface area (Å²) in [6.07, 6.45) is 0. The molecular formula is C46H26N4. The van der Waals surface area contributed by atoms with Crippen LogP contribution in [0.15, 0.2) is 158 Å². The maximum absolute atomic E-state index is 5.52. The summed E-state index contributed by atoms with van der Waals surface area (Å²) in [7, 11) is 0. The van der Waals surface area contributed by atoms with Crippen molar-refractivity contribution in [3.05, 3.63) is 158 Å². The summed E-state index contributed by atoms with van der Waals surface area (Å²) in [4.78, 5) is 10.9. The van der Waals surface area contributed by atoms with Crippen LogP contribution in [0, 0.1) is 0 Å². The van der Waals surface area contributed by atoms with Crippen molar-refractivity contribution in [1.29, 1.82) is 0 Å². The quantitative estimate of drug-likeness (QED) is 0.177. The second-order valence-corrected chi connectivity index (χ2v) is 13.3. The van der Waals surface area contributed by atoms with Crippen LogP contribution in [0.5, 0.6) is 0 Å². The molecular weight excluding hydrogens is 609 g/mol. The SMILES string of the molecule is c1ccc(-c2nc(-n3c4cccc5c6cccc7c8ccccc8n(c67)c6c7ccccc7cc3c6c54)nc3ccc4ccccc4c23)cc1. The lowest BCUT2D eigenvalue weighted by Gasteiger charge is -2.14. The highest BCUT2D eigenvalue weighted by molar-refractivity contribution is 6.34. The second-order valence-electron chi connectivity index (χ2n) is 13.3. The first-order valence-corrected chi connectivity index (χ1v) is 17.1. The third kappa shape index (κ3) is 3.25. The average Bonchev–Trinajstić information content (AvgIpc) is 3.65. The third-order valence-corrected chi connectivity index (χ3v) is 10.8. The molecule has 0 unspecified atom stereocenters. The fourth-order valence-electron chi connectivity index (χ4n) is 8.79. The van der Waals surface area contributed by atoms with Crippen LogP contribution in [-0.2, 0) is 0 Å². The minimum atomic E-state index is 0.668. The zero-order valence-electron chi connectivity index (χ0n) is 26.8. The van der Waals surface area contributed by atoms with E-state index in [-0.39, 0.29) is 0 Å². The van der Waals surface area contributed by atoms with E-state index in [1.807, 2.05) is 0 Å². The molecule has 4 heterocycles. The smallest absolute Gasteiger partial charge is 0.235 e. The molecule has 12 aromatic rings. The predicted octanol–water partition coefficient (Wildman–Crippen LogP) is 11.9. The van der Waals surface area contributed by atoms with E-state index >= 15 is 0 Å². The number of hydrogen-bond donors (Lipinski definition) is 0. The Balaban J connectivity index is 1.35. The summed E-state index contributed by atoms with van der Waals surface area (Å²) in [5.74, 6) is 0.668. The lowest BCUT2D eigenvalue weighted by Crippen LogP contribution is -2.04. The minimum Gasteiger partial charge on any atom is -0.307 e. The van der Waals surface area contributed by atoms with Gasteiger partial charge in [0.25, 0.3) is 0 Å². The summed E-state index contributed by atoms with van der Waals surface area (Å²) in [5, 5.41) is 13.3. The van der Waals surface area contributed by atoms with Crippen molar-refractivity contribution in [2.75, 3.05) is 0 Å². The Morgan fingerprint density at radius 2 is 1.04 bits per heavy atom. The first kappa shape index (κ1) is 26.2. The van der Waals surface area contributed by atoms with E-state index in [0.29, 0.717) is 5.95 Å². The van der Waals surface area contributed by atoms with E-state index in [1.54, 1.807) is 0 Å². The number of aromatic nitrogens is 4. The monoisotopic (exact) mass is 634 g/mol. The highest BCUT2D eigenvalue weighted by Gasteiger charge is 2.25. The van der Waals surface area contributed by atoms with E-state index in [4.69, 9.17) is 9.97 Å². The van der Waals surface area contributed by atoms with Crippen molar-refractivity contribution in [3.8, 4) is 17.2 Å². The van der Waals surface area contributed by atoms with Gasteiger partial charge in [-0.15, -0.1) is 0 Å². The molecule has 4 aromatic heterocycles. The number of rotatable bonds is 2. The lowest BCUT2D eigenvalue weighted by atomic mass is 10.0. The molecule has 0 amide bonds. The van der Waals surface area contributed by atoms with Crippen molar-refractivity contribution in [1.82, 2.24) is 18.9 Å². The Hall–Kier alpha value is -6.78. The summed E-state index contributed by atoms with van der Waals surface area (Å²) in [6.45, 7) is 0. The van der Waals surface area contributed by atoms with Gasteiger partial charge >= 0.3 is 0 Å². The maximum atomic E-state index is 5.52. The van der Waals surface area contributed by atoms with Crippen molar-refractivity contribution in [2.24, 2.45) is 0 Å². The van der Waals surface area contributed by atoms with Gasteiger partial charge in [-0.2, -0.15) is 0 Å². The zero-order chi connectivity index (χ0) is 32.5. The van der Waals surface area contributed by atoms with E-state index in [1.165, 1.54) is 65.0 Å². The molecule has 0 spiro atoms. The van der Waals surface area contributed by atoms with E-state index < -0.39 is 0 Å². The van der Waals surface area contributed by atoms with Crippen molar-refractivity contribution in [2.45, 2.75) is 0 Å². The van der Waals surface area contributed by atoms with E-state index in [2.05, 4.69) is 167 Å². The highest BCUT2D eigenvalue weighted by Crippen LogP contribution is 2.46. The molecule has 0 aliphatic rings. The molecule has 0 saturated heterocycles. The van der Waals surface area contributed by atoms with Gasteiger partial charge < -0.3 is 4.40 Å². The Morgan fingerprint density at radius 1 is 0.380 bits per heavy atom. The normalized spacial score (nSPS) is 12.4. The first-order chi connectivity index (χ1) is 24.8. The molecule has 8 aromatic carbocycles. The highest BCUT2D eigenvalue weighted by atomic mass is 15.2. The van der Waals surface area contributed by atoms with Gasteiger partial charge in [0.2, 0.25) is 5.95 Å². The Bertz CT molecular complexity index is 3370. The molecule has 0 aliphatic carbocycles. The van der Waals surface area contributed by atoms with Crippen molar-refractivity contribution >= 4 is 92.3 Å². The first-order valence-electron chi connectivity index (χ1n) is 17.1. The van der Waals surface area contributed by atoms with Gasteiger partial charge in [-0.25, -0.2) is 9.97 Å². The van der Waals surface area contributed by atoms with Crippen LogP contribution in [0.3, 0.4) is 0 Å². The number of nitrogens with zero attached hydrogens (tertiary/aromatic N) is 4. The van der Waals surface area contributed by atoms with E-state index in [0.717, 1.165) is 38.6 Å². The van der Waals surface area contributed by atoms with Gasteiger partial charge in [-0.1, -0.05) is 133 Å². The number of para-hydroxylation sites is 2. The van der Waals surface area contributed by atoms with Crippen LogP contribution < -0.4 is 0 Å². The van der Waals surface area contributed by atoms with Crippen LogP contribution >= 0.6 is 0 Å². The Kier molecular flexibility index (Phi) is 4.94. The van der Waals surface area contributed by atoms with Gasteiger partial charge in [0.15, 0.2) is 0 Å². The topological polar surface area (TPSA) is 35.1 Å². The molecule has 4 nitrogen and oxygen atoms in total. The summed E-state index contributed by atoms with van der Waals surface area (Å²) in [5.41, 5.74) is 8.80. The standard InChI is InChI=1S/C46H26N4/c1-2-13-28(14-3-1)43-40-30-16-6-4-12-27(30)24-25-36(40)47-46(48-43)49-38-23-11-19-33-35-21-10-20-34-32-18-8-9-22-37(32)50(44(34)35)45-31-17-7-5-15-29(31)26-39(49)42(45)41(33)38/h1-26H. The van der Waals surface area contributed by atoms with Crippen LogP contribution in [0.4, 0.5) is 0 Å². The van der Waals surface area contributed by atoms with Crippen molar-refractivity contribution < 1.29 is 0 Å². The van der Waals surface area contributed by atoms with E-state index in [9.17, 15) is 0 Å². The largest absolute Gasteiger partial charge is 0.307 e. The Morgan fingerprint density at radius 3 is 1.92 bits per heavy atom. The number of benzene rings is 8. The molecule has 0 fully saturated rings. The molecule has 12 rings (SSSR count). The van der Waals surface area contributed by atoms with Crippen LogP contribution in [0.1, 0.15) is 0 Å². The molecule has 0 bridgehead atoms. The van der Waals surface area contributed by atoms with Gasteiger partial charge in [0.05, 0.1) is 38.8 Å². The van der Waals surface area contributed by atoms with Gasteiger partial charge in [0, 0.05) is 43.3 Å². The molecule has 0 aliphatic heterocycles. The molecule has 0 radical (unpaired) electrons. The van der Waals surface area contributed by atoms with Crippen molar-refractivity contribution in [3.63, 3.8) is 0 Å². The Labute approximate surface area is 285 Å². The maximum Gasteiger partial charge on any atom is 0.235 e. The fourth-order valence-corrected chi connectivity index (χ4v) is 8.79. The van der Waals surface area contributed by atoms with Crippen LogP contribution in [0.2, 0.25) is 0 Å². The van der Waals surface area contributed by atoms with Crippen LogP contribution in [-0.4, -0.2) is 18.9 Å². The minimum absolute atomic E-state index is 0.668. The van der Waals surface area contributed by atoms with Gasteiger partial charge in [0.1, 0.15) is 0 Å². The summed E-state index contributed by atoms with van der Waals surface area (Å²) in [6, 6.07) is 56.9. The molecule has 0 N–H and O–H groups in total. The molecule has 50 heavy (non-hydrogen) atoms. The summed E-state index contributed by atoms with van der Waals surface area (Å²) < 4.78 is 4.83. The molecule has 0 saturated carbocycles. The predicted molar refractivity (Wildman–Crippen MR) is 209 cm³/mol. The lowest BCUT2D eigenvalue weighted by molar-refractivity contribution is 1.02. The number of fused-ring (bicyclic) bond motifs is 10.